The van der Waals surface area contributed by atoms with Crippen LogP contribution in [0.15, 0.2) is 30.3 Å². The molecule has 0 radical (unpaired) electrons. The van der Waals surface area contributed by atoms with Gasteiger partial charge in [-0.1, -0.05) is 18.2 Å². The molecular formula is C15H16FN3O. The Morgan fingerprint density at radius 3 is 3.00 bits per heavy atom. The molecule has 1 aromatic carbocycles. The number of pyridine rings is 1. The van der Waals surface area contributed by atoms with Gasteiger partial charge in [0.05, 0.1) is 0 Å². The molecule has 1 saturated heterocycles. The number of hydrogen-bond donors (Lipinski definition) is 1. The minimum atomic E-state index is -0.394. The highest BCUT2D eigenvalue weighted by Crippen LogP contribution is 2.17. The van der Waals surface area contributed by atoms with Crippen LogP contribution in [0.3, 0.4) is 0 Å². The zero-order chi connectivity index (χ0) is 13.9. The first-order valence-electron chi connectivity index (χ1n) is 6.81. The summed E-state index contributed by atoms with van der Waals surface area (Å²) in [4.78, 5) is 18.4. The molecule has 20 heavy (non-hydrogen) atoms. The van der Waals surface area contributed by atoms with Crippen LogP contribution in [0.1, 0.15) is 16.9 Å². The smallest absolute Gasteiger partial charge is 0.272 e. The lowest BCUT2D eigenvalue weighted by Gasteiger charge is -2.19. The lowest BCUT2D eigenvalue weighted by molar-refractivity contribution is 0.0761. The van der Waals surface area contributed by atoms with Gasteiger partial charge in [0.25, 0.3) is 5.91 Å². The summed E-state index contributed by atoms with van der Waals surface area (Å²) < 4.78 is 13.7. The van der Waals surface area contributed by atoms with Gasteiger partial charge in [0.2, 0.25) is 0 Å². The summed E-state index contributed by atoms with van der Waals surface area (Å²) in [5.74, 6) is -0.520. The number of nitrogens with zero attached hydrogens (tertiary/aromatic N) is 2. The van der Waals surface area contributed by atoms with Crippen LogP contribution in [0.5, 0.6) is 0 Å². The number of aromatic nitrogens is 1. The van der Waals surface area contributed by atoms with Gasteiger partial charge in [-0.15, -0.1) is 0 Å². The highest BCUT2D eigenvalue weighted by molar-refractivity contribution is 5.95. The molecule has 2 aromatic rings. The van der Waals surface area contributed by atoms with Crippen molar-refractivity contribution in [1.82, 2.24) is 15.2 Å². The van der Waals surface area contributed by atoms with Gasteiger partial charge in [-0.3, -0.25) is 4.79 Å². The first kappa shape index (κ1) is 13.0. The number of benzene rings is 1. The first-order chi connectivity index (χ1) is 9.75. The molecule has 4 nitrogen and oxygen atoms in total. The van der Waals surface area contributed by atoms with E-state index in [0.717, 1.165) is 19.5 Å². The molecule has 1 aromatic heterocycles. The van der Waals surface area contributed by atoms with Gasteiger partial charge in [0, 0.05) is 25.0 Å². The maximum absolute atomic E-state index is 13.7. The van der Waals surface area contributed by atoms with Crippen LogP contribution < -0.4 is 5.32 Å². The molecule has 5 heteroatoms. The fraction of sp³-hybridized carbons (Fsp3) is 0.333. The van der Waals surface area contributed by atoms with Gasteiger partial charge in [0.15, 0.2) is 0 Å². The second-order valence-corrected chi connectivity index (χ2v) is 4.90. The molecule has 0 aliphatic carbocycles. The predicted molar refractivity (Wildman–Crippen MR) is 75.1 cm³/mol. The quantitative estimate of drug-likeness (QED) is 0.862. The Balaban J connectivity index is 1.93. The number of amides is 1. The van der Waals surface area contributed by atoms with Crippen molar-refractivity contribution in [3.05, 3.63) is 41.8 Å². The summed E-state index contributed by atoms with van der Waals surface area (Å²) in [5, 5.41) is 3.96. The van der Waals surface area contributed by atoms with E-state index in [1.807, 2.05) is 0 Å². The summed E-state index contributed by atoms with van der Waals surface area (Å²) in [5.41, 5.74) is 0.566. The molecule has 2 heterocycles. The topological polar surface area (TPSA) is 45.2 Å². The van der Waals surface area contributed by atoms with Crippen LogP contribution in [-0.4, -0.2) is 42.0 Å². The Bertz CT molecular complexity index is 636. The lowest BCUT2D eigenvalue weighted by atomic mass is 10.2. The summed E-state index contributed by atoms with van der Waals surface area (Å²) >= 11 is 0. The maximum atomic E-state index is 13.7. The van der Waals surface area contributed by atoms with E-state index >= 15 is 0 Å². The van der Waals surface area contributed by atoms with Gasteiger partial charge in [0.1, 0.15) is 17.0 Å². The van der Waals surface area contributed by atoms with E-state index in [1.165, 1.54) is 6.07 Å². The van der Waals surface area contributed by atoms with Crippen molar-refractivity contribution in [3.63, 3.8) is 0 Å². The third-order valence-electron chi connectivity index (χ3n) is 3.52. The molecule has 0 unspecified atom stereocenters. The SMILES string of the molecule is O=C(c1ccc2cccc(F)c2n1)N1CCCNCC1. The molecule has 104 valence electrons. The Kier molecular flexibility index (Phi) is 3.60. The van der Waals surface area contributed by atoms with Crippen molar-refractivity contribution in [3.8, 4) is 0 Å². The monoisotopic (exact) mass is 273 g/mol. The van der Waals surface area contributed by atoms with Crippen molar-refractivity contribution < 1.29 is 9.18 Å². The molecule has 1 aliphatic rings. The van der Waals surface area contributed by atoms with Crippen LogP contribution >= 0.6 is 0 Å². The Labute approximate surface area is 116 Å². The molecule has 1 aliphatic heterocycles. The molecule has 0 saturated carbocycles. The molecular weight excluding hydrogens is 257 g/mol. The summed E-state index contributed by atoms with van der Waals surface area (Å²) in [6.07, 6.45) is 0.924. The maximum Gasteiger partial charge on any atom is 0.272 e. The van der Waals surface area contributed by atoms with Crippen molar-refractivity contribution in [2.24, 2.45) is 0 Å². The lowest BCUT2D eigenvalue weighted by Crippen LogP contribution is -2.34. The minimum Gasteiger partial charge on any atom is -0.336 e. The van der Waals surface area contributed by atoms with E-state index in [-0.39, 0.29) is 11.4 Å². The fourth-order valence-electron chi connectivity index (χ4n) is 2.44. The number of fused-ring (bicyclic) bond motifs is 1. The van der Waals surface area contributed by atoms with Crippen LogP contribution in [-0.2, 0) is 0 Å². The molecule has 3 rings (SSSR count). The summed E-state index contributed by atoms with van der Waals surface area (Å²) in [6, 6.07) is 8.20. The van der Waals surface area contributed by atoms with Crippen LogP contribution in [0.4, 0.5) is 4.39 Å². The molecule has 1 N–H and O–H groups in total. The zero-order valence-electron chi connectivity index (χ0n) is 11.1. The highest BCUT2D eigenvalue weighted by atomic mass is 19.1. The number of carbonyl (C=O) groups is 1. The molecule has 0 atom stereocenters. The Hall–Kier alpha value is -2.01. The zero-order valence-corrected chi connectivity index (χ0v) is 11.1. The van der Waals surface area contributed by atoms with Crippen LogP contribution in [0.25, 0.3) is 10.9 Å². The Morgan fingerprint density at radius 2 is 2.10 bits per heavy atom. The Morgan fingerprint density at radius 1 is 1.20 bits per heavy atom. The van der Waals surface area contributed by atoms with Gasteiger partial charge < -0.3 is 10.2 Å². The molecule has 0 spiro atoms. The van der Waals surface area contributed by atoms with E-state index in [2.05, 4.69) is 10.3 Å². The van der Waals surface area contributed by atoms with Crippen LogP contribution in [0.2, 0.25) is 0 Å². The number of hydrogen-bond acceptors (Lipinski definition) is 3. The largest absolute Gasteiger partial charge is 0.336 e. The second-order valence-electron chi connectivity index (χ2n) is 4.90. The summed E-state index contributed by atoms with van der Waals surface area (Å²) in [6.45, 7) is 3.08. The third-order valence-corrected chi connectivity index (χ3v) is 3.52. The van der Waals surface area contributed by atoms with Crippen molar-refractivity contribution >= 4 is 16.8 Å². The van der Waals surface area contributed by atoms with Crippen LogP contribution in [0, 0.1) is 5.82 Å². The van der Waals surface area contributed by atoms with E-state index in [1.54, 1.807) is 29.2 Å². The number of carbonyl (C=O) groups excluding carboxylic acids is 1. The van der Waals surface area contributed by atoms with E-state index in [0.29, 0.717) is 24.2 Å². The van der Waals surface area contributed by atoms with Gasteiger partial charge in [-0.25, -0.2) is 9.37 Å². The standard InChI is InChI=1S/C15H16FN3O/c16-12-4-1-3-11-5-6-13(18-14(11)12)15(20)19-9-2-7-17-8-10-19/h1,3-6,17H,2,7-10H2. The average molecular weight is 273 g/mol. The molecule has 1 fully saturated rings. The third kappa shape index (κ3) is 2.49. The predicted octanol–water partition coefficient (Wildman–Crippen LogP) is 1.81. The van der Waals surface area contributed by atoms with E-state index < -0.39 is 5.82 Å². The van der Waals surface area contributed by atoms with Gasteiger partial charge in [-0.2, -0.15) is 0 Å². The second kappa shape index (κ2) is 5.54. The number of halogens is 1. The highest BCUT2D eigenvalue weighted by Gasteiger charge is 2.18. The minimum absolute atomic E-state index is 0.126. The van der Waals surface area contributed by atoms with Crippen molar-refractivity contribution in [2.75, 3.05) is 26.2 Å². The van der Waals surface area contributed by atoms with Crippen molar-refractivity contribution in [2.45, 2.75) is 6.42 Å². The molecule has 0 bridgehead atoms. The van der Waals surface area contributed by atoms with E-state index in [9.17, 15) is 9.18 Å². The first-order valence-corrected chi connectivity index (χ1v) is 6.81. The average Bonchev–Trinajstić information content (AvgIpc) is 2.76. The number of rotatable bonds is 1. The summed E-state index contributed by atoms with van der Waals surface area (Å²) in [7, 11) is 0. The normalized spacial score (nSPS) is 16.1. The molecule has 1 amide bonds. The van der Waals surface area contributed by atoms with Crippen molar-refractivity contribution in [1.29, 1.82) is 0 Å². The fourth-order valence-corrected chi connectivity index (χ4v) is 2.44. The van der Waals surface area contributed by atoms with Gasteiger partial charge >= 0.3 is 0 Å². The number of para-hydroxylation sites is 1. The number of nitrogens with one attached hydrogen (secondary N) is 1. The van der Waals surface area contributed by atoms with E-state index in [4.69, 9.17) is 0 Å². The van der Waals surface area contributed by atoms with Gasteiger partial charge in [-0.05, 0) is 25.1 Å².